The van der Waals surface area contributed by atoms with E-state index in [4.69, 9.17) is 4.74 Å². The average molecular weight is 455 g/mol. The molecule has 0 saturated carbocycles. The zero-order valence-electron chi connectivity index (χ0n) is 15.5. The Morgan fingerprint density at radius 1 is 0.808 bits per heavy atom. The van der Waals surface area contributed by atoms with Gasteiger partial charge in [-0.2, -0.15) is 4.57 Å². The topological polar surface area (TPSA) is 13.1 Å². The molecule has 0 fully saturated rings. The molecule has 1 aromatic heterocycles. The highest BCUT2D eigenvalue weighted by atomic mass is 127. The minimum Gasteiger partial charge on any atom is -1.00 e. The molecule has 0 aliphatic rings. The summed E-state index contributed by atoms with van der Waals surface area (Å²) in [5.74, 6) is 0.882. The minimum absolute atomic E-state index is 0. The minimum atomic E-state index is 0. The average Bonchev–Trinajstić information content (AvgIpc) is 2.66. The predicted molar refractivity (Wildman–Crippen MR) is 104 cm³/mol. The number of nitrogens with zero attached hydrogens (tertiary/aromatic N) is 1. The van der Waals surface area contributed by atoms with Crippen LogP contribution in [0.5, 0.6) is 5.75 Å². The zero-order chi connectivity index (χ0) is 17.6. The maximum absolute atomic E-state index is 5.30. The first-order valence-corrected chi connectivity index (χ1v) is 8.57. The van der Waals surface area contributed by atoms with Crippen LogP contribution in [0.1, 0.15) is 11.1 Å². The van der Waals surface area contributed by atoms with E-state index in [9.17, 15) is 0 Å². The van der Waals surface area contributed by atoms with Crippen LogP contribution in [0.15, 0.2) is 60.7 Å². The van der Waals surface area contributed by atoms with Crippen molar-refractivity contribution in [2.24, 2.45) is 7.05 Å². The maximum atomic E-state index is 5.30. The summed E-state index contributed by atoms with van der Waals surface area (Å²) in [5.41, 5.74) is 6.38. The van der Waals surface area contributed by atoms with Crippen LogP contribution in [-0.4, -0.2) is 7.11 Å². The van der Waals surface area contributed by atoms with Crippen molar-refractivity contribution in [3.8, 4) is 17.0 Å². The number of hydrogen-bond donors (Lipinski definition) is 0. The number of aromatic nitrogens is 1. The lowest BCUT2D eigenvalue weighted by Gasteiger charge is -2.13. The van der Waals surface area contributed by atoms with Crippen LogP contribution in [0.3, 0.4) is 0 Å². The number of rotatable bonds is 2. The first kappa shape index (κ1) is 18.6. The summed E-state index contributed by atoms with van der Waals surface area (Å²) in [6.45, 7) is 4.45. The molecule has 26 heavy (non-hydrogen) atoms. The van der Waals surface area contributed by atoms with Gasteiger partial charge in [-0.05, 0) is 60.5 Å². The molecule has 3 heteroatoms. The van der Waals surface area contributed by atoms with E-state index in [1.54, 1.807) is 7.11 Å². The predicted octanol–water partition coefficient (Wildman–Crippen LogP) is 2.11. The molecular weight excluding hydrogens is 433 g/mol. The quantitative estimate of drug-likeness (QED) is 0.257. The molecule has 0 N–H and O–H groups in total. The molecule has 4 rings (SSSR count). The largest absolute Gasteiger partial charge is 1.00 e. The van der Waals surface area contributed by atoms with Gasteiger partial charge in [-0.3, -0.25) is 0 Å². The van der Waals surface area contributed by atoms with Crippen molar-refractivity contribution in [3.63, 3.8) is 0 Å². The highest BCUT2D eigenvalue weighted by molar-refractivity contribution is 6.07. The van der Waals surface area contributed by atoms with Crippen molar-refractivity contribution in [2.75, 3.05) is 7.11 Å². The van der Waals surface area contributed by atoms with Crippen molar-refractivity contribution in [1.82, 2.24) is 0 Å². The van der Waals surface area contributed by atoms with Gasteiger partial charge >= 0.3 is 0 Å². The molecule has 2 nitrogen and oxygen atoms in total. The maximum Gasteiger partial charge on any atom is 0.215 e. The summed E-state index contributed by atoms with van der Waals surface area (Å²) in [6, 6.07) is 21.4. The number of hydrogen-bond acceptors (Lipinski definition) is 1. The third-order valence-electron chi connectivity index (χ3n) is 5.26. The summed E-state index contributed by atoms with van der Waals surface area (Å²) in [5, 5.41) is 3.95. The standard InChI is InChI=1S/C23H22NO.HI/c1-15-16(2)23(18-9-12-19(25-4)13-10-18)24(3)21-14-11-17-7-5-6-8-20(17)22(15)21;/h5-14H,1-4H3;1H/q+1;/p-1. The summed E-state index contributed by atoms with van der Waals surface area (Å²) < 4.78 is 7.61. The molecular formula is C23H22INO. The molecule has 0 bridgehead atoms. The van der Waals surface area contributed by atoms with E-state index in [2.05, 4.69) is 74.0 Å². The number of ether oxygens (including phenoxy) is 1. The third kappa shape index (κ3) is 2.84. The Balaban J connectivity index is 0.00000196. The van der Waals surface area contributed by atoms with Crippen LogP contribution in [0.4, 0.5) is 0 Å². The highest BCUT2D eigenvalue weighted by Gasteiger charge is 2.22. The molecule has 0 unspecified atom stereocenters. The molecule has 0 radical (unpaired) electrons. The van der Waals surface area contributed by atoms with Crippen molar-refractivity contribution < 1.29 is 33.3 Å². The lowest BCUT2D eigenvalue weighted by molar-refractivity contribution is -0.633. The lowest BCUT2D eigenvalue weighted by Crippen LogP contribution is -3.00. The Morgan fingerprint density at radius 3 is 2.19 bits per heavy atom. The molecule has 0 aliphatic carbocycles. The summed E-state index contributed by atoms with van der Waals surface area (Å²) in [4.78, 5) is 0. The van der Waals surface area contributed by atoms with E-state index >= 15 is 0 Å². The summed E-state index contributed by atoms with van der Waals surface area (Å²) in [7, 11) is 3.86. The van der Waals surface area contributed by atoms with E-state index in [0.29, 0.717) is 0 Å². The number of fused-ring (bicyclic) bond motifs is 3. The van der Waals surface area contributed by atoms with Crippen molar-refractivity contribution >= 4 is 21.7 Å². The molecule has 3 aromatic carbocycles. The summed E-state index contributed by atoms with van der Waals surface area (Å²) >= 11 is 0. The van der Waals surface area contributed by atoms with E-state index in [1.165, 1.54) is 44.1 Å². The van der Waals surface area contributed by atoms with Crippen molar-refractivity contribution in [2.45, 2.75) is 13.8 Å². The highest BCUT2D eigenvalue weighted by Crippen LogP contribution is 2.32. The Bertz CT molecular complexity index is 1100. The van der Waals surface area contributed by atoms with Gasteiger partial charge in [0.05, 0.1) is 12.5 Å². The number of benzene rings is 3. The molecule has 0 saturated heterocycles. The van der Waals surface area contributed by atoms with Gasteiger partial charge < -0.3 is 28.7 Å². The Hall–Kier alpha value is -2.14. The van der Waals surface area contributed by atoms with E-state index in [0.717, 1.165) is 5.75 Å². The molecule has 4 aromatic rings. The smallest absolute Gasteiger partial charge is 0.215 e. The zero-order valence-corrected chi connectivity index (χ0v) is 17.7. The van der Waals surface area contributed by atoms with Gasteiger partial charge in [0.15, 0.2) is 0 Å². The molecule has 1 heterocycles. The van der Waals surface area contributed by atoms with Crippen LogP contribution in [0, 0.1) is 13.8 Å². The van der Waals surface area contributed by atoms with E-state index < -0.39 is 0 Å². The van der Waals surface area contributed by atoms with Gasteiger partial charge in [0.2, 0.25) is 11.2 Å². The molecule has 0 atom stereocenters. The number of pyridine rings is 1. The van der Waals surface area contributed by atoms with Crippen LogP contribution in [0.2, 0.25) is 0 Å². The Labute approximate surface area is 171 Å². The fourth-order valence-corrected chi connectivity index (χ4v) is 3.83. The van der Waals surface area contributed by atoms with Crippen LogP contribution >= 0.6 is 0 Å². The Kier molecular flexibility index (Phi) is 5.19. The fourth-order valence-electron chi connectivity index (χ4n) is 3.83. The lowest BCUT2D eigenvalue weighted by atomic mass is 9.94. The second-order valence-corrected chi connectivity index (χ2v) is 6.57. The van der Waals surface area contributed by atoms with Gasteiger partial charge in [-0.1, -0.05) is 24.3 Å². The van der Waals surface area contributed by atoms with Gasteiger partial charge in [0.25, 0.3) is 0 Å². The van der Waals surface area contributed by atoms with Gasteiger partial charge in [-0.15, -0.1) is 0 Å². The second kappa shape index (κ2) is 7.23. The fraction of sp³-hybridized carbons (Fsp3) is 0.174. The van der Waals surface area contributed by atoms with Crippen molar-refractivity contribution in [3.05, 3.63) is 71.8 Å². The molecule has 132 valence electrons. The van der Waals surface area contributed by atoms with Crippen molar-refractivity contribution in [1.29, 1.82) is 0 Å². The molecule has 0 aliphatic heterocycles. The third-order valence-corrected chi connectivity index (χ3v) is 5.26. The van der Waals surface area contributed by atoms with Gasteiger partial charge in [-0.25, -0.2) is 0 Å². The second-order valence-electron chi connectivity index (χ2n) is 6.57. The van der Waals surface area contributed by atoms with Crippen LogP contribution in [0.25, 0.3) is 32.9 Å². The Morgan fingerprint density at radius 2 is 1.50 bits per heavy atom. The number of aryl methyl sites for hydroxylation is 2. The number of halogens is 1. The van der Waals surface area contributed by atoms with Gasteiger partial charge in [0, 0.05) is 17.2 Å². The van der Waals surface area contributed by atoms with E-state index in [-0.39, 0.29) is 24.0 Å². The SMILES string of the molecule is COc1ccc(-c2c(C)c(C)c3c4ccccc4ccc3[n+]2C)cc1.[I-]. The first-order chi connectivity index (χ1) is 12.1. The van der Waals surface area contributed by atoms with Crippen LogP contribution in [-0.2, 0) is 7.05 Å². The normalized spacial score (nSPS) is 10.8. The molecule has 0 spiro atoms. The first-order valence-electron chi connectivity index (χ1n) is 8.57. The van der Waals surface area contributed by atoms with Crippen LogP contribution < -0.4 is 33.3 Å². The number of methoxy groups -OCH3 is 1. The van der Waals surface area contributed by atoms with E-state index in [1.807, 2.05) is 12.1 Å². The van der Waals surface area contributed by atoms with Gasteiger partial charge in [0.1, 0.15) is 12.8 Å². The molecule has 0 amide bonds. The summed E-state index contributed by atoms with van der Waals surface area (Å²) in [6.07, 6.45) is 0. The monoisotopic (exact) mass is 455 g/mol.